The molecule has 0 bridgehead atoms. The Hall–Kier alpha value is -1.19. The molecular formula is C9H7Cl2N3. The summed E-state index contributed by atoms with van der Waals surface area (Å²) in [6, 6.07) is 5.08. The number of rotatable bonds is 1. The van der Waals surface area contributed by atoms with E-state index in [1.54, 1.807) is 35.3 Å². The van der Waals surface area contributed by atoms with Gasteiger partial charge < -0.3 is 5.73 Å². The summed E-state index contributed by atoms with van der Waals surface area (Å²) >= 11 is 12.0. The Morgan fingerprint density at radius 1 is 1.21 bits per heavy atom. The zero-order valence-corrected chi connectivity index (χ0v) is 8.63. The summed E-state index contributed by atoms with van der Waals surface area (Å²) < 4.78 is 1.60. The van der Waals surface area contributed by atoms with Crippen LogP contribution in [0.4, 0.5) is 5.69 Å². The molecule has 72 valence electrons. The Bertz CT molecular complexity index is 428. The second kappa shape index (κ2) is 3.52. The lowest BCUT2D eigenvalue weighted by Gasteiger charge is -2.07. The minimum Gasteiger partial charge on any atom is -0.399 e. The van der Waals surface area contributed by atoms with Crippen LogP contribution >= 0.6 is 23.2 Å². The third kappa shape index (κ3) is 1.56. The van der Waals surface area contributed by atoms with Gasteiger partial charge in [0.25, 0.3) is 0 Å². The third-order valence-corrected chi connectivity index (χ3v) is 2.35. The lowest BCUT2D eigenvalue weighted by atomic mass is 10.3. The average molecular weight is 228 g/mol. The quantitative estimate of drug-likeness (QED) is 0.762. The third-order valence-electron chi connectivity index (χ3n) is 1.77. The molecule has 0 amide bonds. The molecule has 14 heavy (non-hydrogen) atoms. The first kappa shape index (κ1) is 9.37. The van der Waals surface area contributed by atoms with Crippen LogP contribution in [-0.4, -0.2) is 9.78 Å². The normalized spacial score (nSPS) is 10.4. The maximum atomic E-state index is 6.00. The largest absolute Gasteiger partial charge is 0.399 e. The van der Waals surface area contributed by atoms with E-state index in [4.69, 9.17) is 28.9 Å². The van der Waals surface area contributed by atoms with Gasteiger partial charge in [-0.25, -0.2) is 4.68 Å². The van der Waals surface area contributed by atoms with Crippen LogP contribution in [0.5, 0.6) is 0 Å². The number of hydrogen-bond donors (Lipinski definition) is 1. The molecule has 2 rings (SSSR count). The van der Waals surface area contributed by atoms with Crippen LogP contribution in [0.3, 0.4) is 0 Å². The van der Waals surface area contributed by atoms with Crippen LogP contribution in [0.2, 0.25) is 10.0 Å². The van der Waals surface area contributed by atoms with Crippen LogP contribution in [0.25, 0.3) is 5.69 Å². The summed E-state index contributed by atoms with van der Waals surface area (Å²) in [5, 5.41) is 5.01. The van der Waals surface area contributed by atoms with Crippen molar-refractivity contribution in [1.29, 1.82) is 0 Å². The SMILES string of the molecule is Nc1cc(Cl)c(-n2cccn2)c(Cl)c1. The standard InChI is InChI=1S/C9H7Cl2N3/c10-7-4-6(12)5-8(11)9(7)14-3-1-2-13-14/h1-5H,12H2. The van der Waals surface area contributed by atoms with Gasteiger partial charge in [-0.2, -0.15) is 5.10 Å². The number of nitrogen functional groups attached to an aromatic ring is 1. The van der Waals surface area contributed by atoms with Gasteiger partial charge in [0.1, 0.15) is 5.69 Å². The number of benzene rings is 1. The first-order valence-corrected chi connectivity index (χ1v) is 4.68. The Kier molecular flexibility index (Phi) is 2.35. The van der Waals surface area contributed by atoms with E-state index < -0.39 is 0 Å². The molecule has 0 fully saturated rings. The van der Waals surface area contributed by atoms with Gasteiger partial charge in [-0.1, -0.05) is 23.2 Å². The second-order valence-electron chi connectivity index (χ2n) is 2.78. The summed E-state index contributed by atoms with van der Waals surface area (Å²) in [5.74, 6) is 0. The van der Waals surface area contributed by atoms with Crippen LogP contribution in [0.15, 0.2) is 30.6 Å². The molecule has 0 spiro atoms. The molecule has 3 nitrogen and oxygen atoms in total. The highest BCUT2D eigenvalue weighted by Crippen LogP contribution is 2.30. The Balaban J connectivity index is 2.64. The lowest BCUT2D eigenvalue weighted by molar-refractivity contribution is 0.881. The summed E-state index contributed by atoms with van der Waals surface area (Å²) in [5.41, 5.74) is 6.77. The second-order valence-corrected chi connectivity index (χ2v) is 3.60. The van der Waals surface area contributed by atoms with Gasteiger partial charge in [-0.3, -0.25) is 0 Å². The lowest BCUT2D eigenvalue weighted by Crippen LogP contribution is -1.97. The molecule has 0 saturated carbocycles. The molecule has 2 aromatic rings. The predicted octanol–water partition coefficient (Wildman–Crippen LogP) is 2.76. The van der Waals surface area contributed by atoms with Gasteiger partial charge >= 0.3 is 0 Å². The molecule has 0 unspecified atom stereocenters. The van der Waals surface area contributed by atoms with E-state index in [9.17, 15) is 0 Å². The van der Waals surface area contributed by atoms with Crippen LogP contribution < -0.4 is 5.73 Å². The molecule has 0 radical (unpaired) electrons. The average Bonchev–Trinajstić information content (AvgIpc) is 2.54. The number of aromatic nitrogens is 2. The minimum atomic E-state index is 0.485. The maximum Gasteiger partial charge on any atom is 0.102 e. The first-order valence-electron chi connectivity index (χ1n) is 3.93. The van der Waals surface area contributed by atoms with Crippen molar-refractivity contribution in [3.63, 3.8) is 0 Å². The van der Waals surface area contributed by atoms with E-state index in [1.807, 2.05) is 0 Å². The fourth-order valence-corrected chi connectivity index (χ4v) is 1.88. The minimum absolute atomic E-state index is 0.485. The first-order chi connectivity index (χ1) is 6.68. The van der Waals surface area contributed by atoms with Crippen LogP contribution in [0, 0.1) is 0 Å². The van der Waals surface area contributed by atoms with E-state index in [-0.39, 0.29) is 0 Å². The van der Waals surface area contributed by atoms with E-state index in [1.165, 1.54) is 0 Å². The molecule has 1 heterocycles. The summed E-state index contributed by atoms with van der Waals surface area (Å²) in [6.07, 6.45) is 3.42. The fourth-order valence-electron chi connectivity index (χ4n) is 1.21. The molecule has 0 atom stereocenters. The molecule has 1 aromatic carbocycles. The Morgan fingerprint density at radius 2 is 1.86 bits per heavy atom. The maximum absolute atomic E-state index is 6.00. The van der Waals surface area contributed by atoms with Crippen molar-refractivity contribution in [2.45, 2.75) is 0 Å². The molecule has 5 heteroatoms. The Labute approximate surface area is 91.0 Å². The van der Waals surface area contributed by atoms with Gasteiger partial charge in [0.15, 0.2) is 0 Å². The molecule has 0 saturated heterocycles. The smallest absolute Gasteiger partial charge is 0.102 e. The highest BCUT2D eigenvalue weighted by molar-refractivity contribution is 6.38. The van der Waals surface area contributed by atoms with Gasteiger partial charge in [-0.05, 0) is 18.2 Å². The van der Waals surface area contributed by atoms with Gasteiger partial charge in [0, 0.05) is 18.1 Å². The van der Waals surface area contributed by atoms with E-state index in [0.29, 0.717) is 21.4 Å². The van der Waals surface area contributed by atoms with Crippen molar-refractivity contribution in [1.82, 2.24) is 9.78 Å². The Morgan fingerprint density at radius 3 is 2.36 bits per heavy atom. The zero-order valence-electron chi connectivity index (χ0n) is 7.11. The van der Waals surface area contributed by atoms with Crippen LogP contribution in [-0.2, 0) is 0 Å². The number of nitrogens with zero attached hydrogens (tertiary/aromatic N) is 2. The summed E-state index contributed by atoms with van der Waals surface area (Å²) in [7, 11) is 0. The van der Waals surface area contributed by atoms with E-state index in [0.717, 1.165) is 0 Å². The van der Waals surface area contributed by atoms with E-state index in [2.05, 4.69) is 5.10 Å². The summed E-state index contributed by atoms with van der Waals surface area (Å²) in [4.78, 5) is 0. The number of nitrogens with two attached hydrogens (primary N) is 1. The summed E-state index contributed by atoms with van der Waals surface area (Å²) in [6.45, 7) is 0. The van der Waals surface area contributed by atoms with Gasteiger partial charge in [0.05, 0.1) is 10.0 Å². The van der Waals surface area contributed by atoms with Crippen molar-refractivity contribution < 1.29 is 0 Å². The molecule has 0 aliphatic rings. The van der Waals surface area contributed by atoms with Crippen molar-refractivity contribution in [2.24, 2.45) is 0 Å². The van der Waals surface area contributed by atoms with E-state index >= 15 is 0 Å². The molecule has 1 aromatic heterocycles. The molecular weight excluding hydrogens is 221 g/mol. The monoisotopic (exact) mass is 227 g/mol. The molecule has 2 N–H and O–H groups in total. The number of halogens is 2. The predicted molar refractivity (Wildman–Crippen MR) is 58.0 cm³/mol. The highest BCUT2D eigenvalue weighted by Gasteiger charge is 2.08. The fraction of sp³-hybridized carbons (Fsp3) is 0. The number of hydrogen-bond acceptors (Lipinski definition) is 2. The number of anilines is 1. The zero-order chi connectivity index (χ0) is 10.1. The highest BCUT2D eigenvalue weighted by atomic mass is 35.5. The van der Waals surface area contributed by atoms with Crippen molar-refractivity contribution in [3.05, 3.63) is 40.6 Å². The van der Waals surface area contributed by atoms with Crippen molar-refractivity contribution in [2.75, 3.05) is 5.73 Å². The topological polar surface area (TPSA) is 43.8 Å². The van der Waals surface area contributed by atoms with Gasteiger partial charge in [0.2, 0.25) is 0 Å². The molecule has 0 aliphatic carbocycles. The van der Waals surface area contributed by atoms with Crippen molar-refractivity contribution >= 4 is 28.9 Å². The molecule has 0 aliphatic heterocycles. The van der Waals surface area contributed by atoms with Crippen LogP contribution in [0.1, 0.15) is 0 Å². The van der Waals surface area contributed by atoms with Crippen molar-refractivity contribution in [3.8, 4) is 5.69 Å². The van der Waals surface area contributed by atoms with Gasteiger partial charge in [-0.15, -0.1) is 0 Å².